The summed E-state index contributed by atoms with van der Waals surface area (Å²) in [6.07, 6.45) is -3.78. The number of aryl methyl sites for hydroxylation is 2. The first kappa shape index (κ1) is 26.9. The number of anilines is 2. The Labute approximate surface area is 217 Å². The van der Waals surface area contributed by atoms with Gasteiger partial charge in [0.05, 0.1) is 24.8 Å². The molecule has 1 aromatic heterocycles. The highest BCUT2D eigenvalue weighted by atomic mass is 19.4. The zero-order valence-corrected chi connectivity index (χ0v) is 20.7. The number of carbonyl (C=O) groups excluding carboxylic acids is 1. The number of halogens is 3. The van der Waals surface area contributed by atoms with Crippen molar-refractivity contribution in [1.82, 2.24) is 14.9 Å². The Balaban J connectivity index is 1.49. The van der Waals surface area contributed by atoms with Crippen molar-refractivity contribution in [2.24, 2.45) is 0 Å². The van der Waals surface area contributed by atoms with E-state index in [0.29, 0.717) is 24.3 Å². The molecule has 200 valence electrons. The molecule has 0 bridgehead atoms. The monoisotopic (exact) mass is 528 g/mol. The zero-order chi connectivity index (χ0) is 27.3. The maximum Gasteiger partial charge on any atom is 0.419 e. The summed E-state index contributed by atoms with van der Waals surface area (Å²) in [5.41, 5.74) is 1.94. The average Bonchev–Trinajstić information content (AvgIpc) is 3.39. The van der Waals surface area contributed by atoms with Gasteiger partial charge < -0.3 is 20.1 Å². The van der Waals surface area contributed by atoms with Crippen LogP contribution in [-0.4, -0.2) is 52.2 Å². The topological polar surface area (TPSA) is 105 Å². The maximum absolute atomic E-state index is 13.7. The Morgan fingerprint density at radius 3 is 2.45 bits per heavy atom. The number of aromatic nitrogens is 2. The van der Waals surface area contributed by atoms with Crippen LogP contribution in [0.1, 0.15) is 40.3 Å². The van der Waals surface area contributed by atoms with Crippen molar-refractivity contribution in [2.45, 2.75) is 37.8 Å². The Bertz CT molecular complexity index is 1300. The van der Waals surface area contributed by atoms with Crippen LogP contribution >= 0.6 is 0 Å². The fourth-order valence-electron chi connectivity index (χ4n) is 4.53. The van der Waals surface area contributed by atoms with Crippen molar-refractivity contribution < 1.29 is 32.6 Å². The lowest BCUT2D eigenvalue weighted by Crippen LogP contribution is -2.26. The van der Waals surface area contributed by atoms with Crippen LogP contribution in [0.2, 0.25) is 0 Å². The number of amides is 1. The van der Waals surface area contributed by atoms with Gasteiger partial charge in [-0.15, -0.1) is 0 Å². The number of ether oxygens (including phenoxy) is 1. The molecule has 1 unspecified atom stereocenters. The molecule has 1 aliphatic heterocycles. The zero-order valence-electron chi connectivity index (χ0n) is 20.7. The lowest BCUT2D eigenvalue weighted by molar-refractivity contribution is -0.140. The van der Waals surface area contributed by atoms with Crippen molar-refractivity contribution in [2.75, 3.05) is 25.5 Å². The van der Waals surface area contributed by atoms with Gasteiger partial charge in [0.1, 0.15) is 0 Å². The number of hydrogen-bond acceptors (Lipinski definition) is 6. The second kappa shape index (κ2) is 11.5. The number of likely N-dealkylation sites (tertiary alicyclic amines) is 1. The van der Waals surface area contributed by atoms with E-state index < -0.39 is 23.8 Å². The average molecular weight is 529 g/mol. The van der Waals surface area contributed by atoms with Gasteiger partial charge in [0.15, 0.2) is 0 Å². The van der Waals surface area contributed by atoms with E-state index in [4.69, 9.17) is 9.84 Å². The molecule has 0 saturated carbocycles. The predicted octanol–water partition coefficient (Wildman–Crippen LogP) is 5.21. The Kier molecular flexibility index (Phi) is 8.13. The summed E-state index contributed by atoms with van der Waals surface area (Å²) in [6, 6.07) is 14.3. The van der Waals surface area contributed by atoms with E-state index in [1.807, 2.05) is 12.1 Å². The highest BCUT2D eigenvalue weighted by molar-refractivity contribution is 5.72. The van der Waals surface area contributed by atoms with Crippen molar-refractivity contribution >= 4 is 23.7 Å². The van der Waals surface area contributed by atoms with E-state index in [0.717, 1.165) is 23.7 Å². The molecule has 0 radical (unpaired) electrons. The summed E-state index contributed by atoms with van der Waals surface area (Å²) in [7, 11) is 1.28. The summed E-state index contributed by atoms with van der Waals surface area (Å²) in [5, 5.41) is 12.1. The summed E-state index contributed by atoms with van der Waals surface area (Å²) in [5.74, 6) is -0.308. The third-order valence-electron chi connectivity index (χ3n) is 6.58. The van der Waals surface area contributed by atoms with Crippen molar-refractivity contribution in [3.63, 3.8) is 0 Å². The first-order valence-electron chi connectivity index (χ1n) is 12.1. The normalized spacial score (nSPS) is 15.4. The molecule has 1 aliphatic rings. The molecule has 2 heterocycles. The SMILES string of the molecule is COC(=O)Cc1ccccc1CCc1nc(Nc2ccc(C3CCN(C(=O)O)C3)cc2)ncc1C(F)(F)F. The molecule has 2 N–H and O–H groups in total. The molecule has 38 heavy (non-hydrogen) atoms. The fraction of sp³-hybridized carbons (Fsp3) is 0.333. The second-order valence-electron chi connectivity index (χ2n) is 9.03. The Hall–Kier alpha value is -4.15. The third-order valence-corrected chi connectivity index (χ3v) is 6.58. The number of nitrogens with one attached hydrogen (secondary N) is 1. The number of nitrogens with zero attached hydrogens (tertiary/aromatic N) is 3. The minimum absolute atomic E-state index is 0.00900. The number of benzene rings is 2. The first-order chi connectivity index (χ1) is 18.1. The van der Waals surface area contributed by atoms with E-state index in [1.54, 1.807) is 36.4 Å². The van der Waals surface area contributed by atoms with E-state index >= 15 is 0 Å². The van der Waals surface area contributed by atoms with E-state index in [1.165, 1.54) is 12.0 Å². The molecular weight excluding hydrogens is 501 g/mol. The minimum Gasteiger partial charge on any atom is -0.469 e. The molecule has 11 heteroatoms. The molecule has 3 aromatic rings. The number of hydrogen-bond donors (Lipinski definition) is 2. The van der Waals surface area contributed by atoms with Gasteiger partial charge in [-0.2, -0.15) is 13.2 Å². The standard InChI is InChI=1S/C27H27F3N4O4/c1-38-24(35)14-19-5-3-2-4-17(19)8-11-23-22(27(28,29)30)15-31-25(33-23)32-21-9-6-18(7-10-21)20-12-13-34(16-20)26(36)37/h2-7,9-10,15,20H,8,11-14,16H2,1H3,(H,36,37)(H,31,32,33). The first-order valence-corrected chi connectivity index (χ1v) is 12.1. The largest absolute Gasteiger partial charge is 0.469 e. The molecule has 0 spiro atoms. The predicted molar refractivity (Wildman–Crippen MR) is 133 cm³/mol. The van der Waals surface area contributed by atoms with Gasteiger partial charge in [0, 0.05) is 30.9 Å². The molecule has 1 fully saturated rings. The molecule has 4 rings (SSSR count). The number of methoxy groups -OCH3 is 1. The van der Waals surface area contributed by atoms with Crippen LogP contribution in [-0.2, 0) is 35.0 Å². The van der Waals surface area contributed by atoms with Gasteiger partial charge in [-0.05, 0) is 48.1 Å². The summed E-state index contributed by atoms with van der Waals surface area (Å²) >= 11 is 0. The molecule has 2 aromatic carbocycles. The Morgan fingerprint density at radius 2 is 1.82 bits per heavy atom. The maximum atomic E-state index is 13.7. The summed E-state index contributed by atoms with van der Waals surface area (Å²) < 4.78 is 45.8. The third kappa shape index (κ3) is 6.58. The van der Waals surface area contributed by atoms with Crippen LogP contribution in [0, 0.1) is 0 Å². The second-order valence-corrected chi connectivity index (χ2v) is 9.03. The molecule has 0 aliphatic carbocycles. The van der Waals surface area contributed by atoms with Gasteiger partial charge in [-0.1, -0.05) is 36.4 Å². The van der Waals surface area contributed by atoms with Crippen LogP contribution in [0.25, 0.3) is 0 Å². The lowest BCUT2D eigenvalue weighted by Gasteiger charge is -2.15. The Morgan fingerprint density at radius 1 is 1.11 bits per heavy atom. The number of carbonyl (C=O) groups is 2. The summed E-state index contributed by atoms with van der Waals surface area (Å²) in [6.45, 7) is 0.908. The number of rotatable bonds is 8. The van der Waals surface area contributed by atoms with Gasteiger partial charge in [0.2, 0.25) is 5.95 Å². The van der Waals surface area contributed by atoms with Crippen molar-refractivity contribution in [1.29, 1.82) is 0 Å². The molecular formula is C27H27F3N4O4. The van der Waals surface area contributed by atoms with Gasteiger partial charge >= 0.3 is 18.2 Å². The van der Waals surface area contributed by atoms with Gasteiger partial charge in [0.25, 0.3) is 0 Å². The van der Waals surface area contributed by atoms with Crippen LogP contribution in [0.3, 0.4) is 0 Å². The number of alkyl halides is 3. The highest BCUT2D eigenvalue weighted by Gasteiger charge is 2.35. The summed E-state index contributed by atoms with van der Waals surface area (Å²) in [4.78, 5) is 32.3. The molecule has 8 nitrogen and oxygen atoms in total. The smallest absolute Gasteiger partial charge is 0.419 e. The lowest BCUT2D eigenvalue weighted by atomic mass is 9.98. The molecule has 1 atom stereocenters. The molecule has 1 saturated heterocycles. The van der Waals surface area contributed by atoms with Crippen LogP contribution in [0.15, 0.2) is 54.7 Å². The fourth-order valence-corrected chi connectivity index (χ4v) is 4.53. The van der Waals surface area contributed by atoms with E-state index in [-0.39, 0.29) is 36.8 Å². The van der Waals surface area contributed by atoms with Crippen molar-refractivity contribution in [3.05, 3.63) is 82.7 Å². The van der Waals surface area contributed by atoms with Crippen LogP contribution in [0.5, 0.6) is 0 Å². The number of esters is 1. The molecule has 1 amide bonds. The minimum atomic E-state index is -4.62. The van der Waals surface area contributed by atoms with Gasteiger partial charge in [-0.25, -0.2) is 14.8 Å². The quantitative estimate of drug-likeness (QED) is 0.387. The van der Waals surface area contributed by atoms with Crippen molar-refractivity contribution in [3.8, 4) is 0 Å². The van der Waals surface area contributed by atoms with Gasteiger partial charge in [-0.3, -0.25) is 4.79 Å². The highest BCUT2D eigenvalue weighted by Crippen LogP contribution is 2.33. The number of carboxylic acid groups (broad SMARTS) is 1. The van der Waals surface area contributed by atoms with E-state index in [9.17, 15) is 22.8 Å². The van der Waals surface area contributed by atoms with Crippen LogP contribution in [0.4, 0.5) is 29.6 Å². The van der Waals surface area contributed by atoms with E-state index in [2.05, 4.69) is 15.3 Å². The van der Waals surface area contributed by atoms with Crippen LogP contribution < -0.4 is 5.32 Å².